The maximum atomic E-state index is 9.98. The van der Waals surface area contributed by atoms with Crippen LogP contribution in [0.2, 0.25) is 5.02 Å². The van der Waals surface area contributed by atoms with Crippen molar-refractivity contribution in [1.82, 2.24) is 19.4 Å². The molecule has 2 aliphatic heterocycles. The average Bonchev–Trinajstić information content (AvgIpc) is 3.67. The van der Waals surface area contributed by atoms with E-state index in [1.54, 1.807) is 12.4 Å². The molecule has 6 rings (SSSR count). The summed E-state index contributed by atoms with van der Waals surface area (Å²) in [5.74, 6) is 0.812. The number of morpholine rings is 1. The number of aryl methyl sites for hydroxylation is 1. The molecule has 9 nitrogen and oxygen atoms in total. The quantitative estimate of drug-likeness (QED) is 0.264. The number of imidazole rings is 1. The van der Waals surface area contributed by atoms with Gasteiger partial charge in [0.15, 0.2) is 5.16 Å². The summed E-state index contributed by atoms with van der Waals surface area (Å²) in [6.45, 7) is 6.77. The van der Waals surface area contributed by atoms with Gasteiger partial charge in [-0.2, -0.15) is 5.26 Å². The molecule has 0 spiro atoms. The van der Waals surface area contributed by atoms with Gasteiger partial charge in [-0.1, -0.05) is 23.4 Å². The molecule has 0 radical (unpaired) electrons. The van der Waals surface area contributed by atoms with Crippen LogP contribution in [0.25, 0.3) is 10.9 Å². The minimum absolute atomic E-state index is 0.452. The maximum Gasteiger partial charge on any atom is 0.172 e. The van der Waals surface area contributed by atoms with Gasteiger partial charge in [0.05, 0.1) is 40.7 Å². The number of hydrogen-bond acceptors (Lipinski definition) is 9. The average molecular weight is 590 g/mol. The number of nitrogens with one attached hydrogen (secondary N) is 1. The van der Waals surface area contributed by atoms with Crippen molar-refractivity contribution >= 4 is 51.3 Å². The highest BCUT2D eigenvalue weighted by Gasteiger charge is 2.21. The highest BCUT2D eigenvalue weighted by Crippen LogP contribution is 2.40. The molecule has 2 aromatic heterocycles. The molecule has 2 saturated heterocycles. The molecular formula is C30H32ClN7O2S. The molecule has 2 fully saturated rings. The standard InChI is InChI=1S/C30H32ClN7O2S/c1-36-9-6-33-30(36)41-28-5-4-22(16-24(28)31)35-29-21(19-32)20-34-25-18-26(38-7-2-3-8-38)27(17-23(25)29)40-15-12-37-10-13-39-14-11-37/h4-6,9,16-18,20H,2-3,7-8,10-15H2,1H3,(H,34,35). The summed E-state index contributed by atoms with van der Waals surface area (Å²) in [7, 11) is 1.95. The first-order valence-corrected chi connectivity index (χ1v) is 15.0. The molecule has 4 aromatic rings. The Bertz CT molecular complexity index is 1580. The first kappa shape index (κ1) is 27.7. The van der Waals surface area contributed by atoms with E-state index < -0.39 is 0 Å². The van der Waals surface area contributed by atoms with Crippen molar-refractivity contribution in [2.45, 2.75) is 22.9 Å². The van der Waals surface area contributed by atoms with Crippen molar-refractivity contribution in [3.8, 4) is 11.8 Å². The van der Waals surface area contributed by atoms with Gasteiger partial charge in [0.2, 0.25) is 0 Å². The van der Waals surface area contributed by atoms with Crippen LogP contribution in [0.3, 0.4) is 0 Å². The zero-order valence-corrected chi connectivity index (χ0v) is 24.5. The van der Waals surface area contributed by atoms with Crippen molar-refractivity contribution in [3.63, 3.8) is 0 Å². The van der Waals surface area contributed by atoms with Crippen molar-refractivity contribution in [3.05, 3.63) is 59.5 Å². The number of rotatable bonds is 9. The topological polar surface area (TPSA) is 91.5 Å². The second-order valence-corrected chi connectivity index (χ2v) is 11.6. The monoisotopic (exact) mass is 589 g/mol. The van der Waals surface area contributed by atoms with Gasteiger partial charge in [-0.3, -0.25) is 9.88 Å². The predicted molar refractivity (Wildman–Crippen MR) is 163 cm³/mol. The van der Waals surface area contributed by atoms with Crippen LogP contribution in [-0.4, -0.2) is 72.0 Å². The Kier molecular flexibility index (Phi) is 8.49. The Labute approximate surface area is 249 Å². The molecule has 1 N–H and O–H groups in total. The van der Waals surface area contributed by atoms with Crippen LogP contribution in [0, 0.1) is 11.3 Å². The Morgan fingerprint density at radius 1 is 1.12 bits per heavy atom. The van der Waals surface area contributed by atoms with Crippen molar-refractivity contribution in [2.24, 2.45) is 7.05 Å². The molecule has 11 heteroatoms. The molecule has 2 aliphatic rings. The third-order valence-corrected chi connectivity index (χ3v) is 9.04. The Morgan fingerprint density at radius 3 is 2.68 bits per heavy atom. The zero-order valence-electron chi connectivity index (χ0n) is 23.0. The Balaban J connectivity index is 1.31. The van der Waals surface area contributed by atoms with E-state index >= 15 is 0 Å². The van der Waals surface area contributed by atoms with E-state index in [9.17, 15) is 5.26 Å². The van der Waals surface area contributed by atoms with Gasteiger partial charge in [0, 0.05) is 74.3 Å². The van der Waals surface area contributed by atoms with Gasteiger partial charge in [-0.05, 0) is 43.2 Å². The number of nitriles is 1. The molecule has 2 aromatic carbocycles. The molecule has 212 valence electrons. The van der Waals surface area contributed by atoms with Crippen LogP contribution in [0.1, 0.15) is 18.4 Å². The van der Waals surface area contributed by atoms with Crippen molar-refractivity contribution in [2.75, 3.05) is 62.8 Å². The van der Waals surface area contributed by atoms with E-state index in [-0.39, 0.29) is 0 Å². The second kappa shape index (κ2) is 12.6. The van der Waals surface area contributed by atoms with E-state index in [4.69, 9.17) is 21.1 Å². The van der Waals surface area contributed by atoms with Crippen LogP contribution in [0.5, 0.6) is 5.75 Å². The van der Waals surface area contributed by atoms with Gasteiger partial charge in [-0.25, -0.2) is 4.98 Å². The highest BCUT2D eigenvalue weighted by molar-refractivity contribution is 7.99. The first-order valence-electron chi connectivity index (χ1n) is 13.9. The fourth-order valence-electron chi connectivity index (χ4n) is 5.21. The SMILES string of the molecule is Cn1ccnc1Sc1ccc(Nc2c(C#N)cnc3cc(N4CCCC4)c(OCCN4CCOCC4)cc23)cc1Cl. The molecule has 0 bridgehead atoms. The largest absolute Gasteiger partial charge is 0.490 e. The molecule has 0 unspecified atom stereocenters. The van der Waals surface area contributed by atoms with Crippen LogP contribution >= 0.6 is 23.4 Å². The first-order chi connectivity index (χ1) is 20.1. The summed E-state index contributed by atoms with van der Waals surface area (Å²) in [6.07, 6.45) is 7.62. The third kappa shape index (κ3) is 6.23. The van der Waals surface area contributed by atoms with E-state index in [2.05, 4.69) is 37.2 Å². The molecule has 0 atom stereocenters. The number of pyridine rings is 1. The predicted octanol–water partition coefficient (Wildman–Crippen LogP) is 5.70. The van der Waals surface area contributed by atoms with Crippen molar-refractivity contribution in [1.29, 1.82) is 5.26 Å². The second-order valence-electron chi connectivity index (χ2n) is 10.2. The summed E-state index contributed by atoms with van der Waals surface area (Å²) in [6, 6.07) is 12.2. The normalized spacial score (nSPS) is 15.8. The molecule has 4 heterocycles. The number of nitrogens with zero attached hydrogens (tertiary/aromatic N) is 6. The van der Waals surface area contributed by atoms with Gasteiger partial charge < -0.3 is 24.3 Å². The van der Waals surface area contributed by atoms with Crippen LogP contribution in [0.15, 0.2) is 59.0 Å². The van der Waals surface area contributed by atoms with E-state index in [0.717, 1.165) is 96.9 Å². The molecule has 0 saturated carbocycles. The molecule has 41 heavy (non-hydrogen) atoms. The number of fused-ring (bicyclic) bond motifs is 1. The van der Waals surface area contributed by atoms with Gasteiger partial charge in [0.25, 0.3) is 0 Å². The lowest BCUT2D eigenvalue weighted by Gasteiger charge is -2.27. The molecule has 0 amide bonds. The fourth-order valence-corrected chi connectivity index (χ4v) is 6.32. The highest BCUT2D eigenvalue weighted by atomic mass is 35.5. The minimum atomic E-state index is 0.452. The van der Waals surface area contributed by atoms with E-state index in [1.807, 2.05) is 42.1 Å². The number of hydrogen-bond donors (Lipinski definition) is 1. The van der Waals surface area contributed by atoms with Crippen LogP contribution in [0.4, 0.5) is 17.1 Å². The summed E-state index contributed by atoms with van der Waals surface area (Å²) in [5.41, 5.74) is 3.78. The fraction of sp³-hybridized carbons (Fsp3) is 0.367. The number of benzene rings is 2. The lowest BCUT2D eigenvalue weighted by atomic mass is 10.1. The minimum Gasteiger partial charge on any atom is -0.490 e. The van der Waals surface area contributed by atoms with E-state index in [0.29, 0.717) is 22.9 Å². The maximum absolute atomic E-state index is 9.98. The van der Waals surface area contributed by atoms with Crippen LogP contribution in [-0.2, 0) is 11.8 Å². The number of halogens is 1. The van der Waals surface area contributed by atoms with Gasteiger partial charge in [0.1, 0.15) is 18.4 Å². The summed E-state index contributed by atoms with van der Waals surface area (Å²) >= 11 is 8.19. The van der Waals surface area contributed by atoms with Crippen molar-refractivity contribution < 1.29 is 9.47 Å². The number of anilines is 3. The Morgan fingerprint density at radius 2 is 1.95 bits per heavy atom. The summed E-state index contributed by atoms with van der Waals surface area (Å²) in [5, 5.41) is 15.7. The molecular weight excluding hydrogens is 558 g/mol. The lowest BCUT2D eigenvalue weighted by molar-refractivity contribution is 0.0323. The zero-order chi connectivity index (χ0) is 28.2. The number of aromatic nitrogens is 3. The lowest BCUT2D eigenvalue weighted by Crippen LogP contribution is -2.38. The third-order valence-electron chi connectivity index (χ3n) is 7.46. The smallest absolute Gasteiger partial charge is 0.172 e. The Hall–Kier alpha value is -3.49. The van der Waals surface area contributed by atoms with E-state index in [1.165, 1.54) is 11.8 Å². The van der Waals surface area contributed by atoms with Gasteiger partial charge in [-0.15, -0.1) is 0 Å². The summed E-state index contributed by atoms with van der Waals surface area (Å²) in [4.78, 5) is 14.7. The van der Waals surface area contributed by atoms with Crippen LogP contribution < -0.4 is 15.0 Å². The molecule has 0 aliphatic carbocycles. The summed E-state index contributed by atoms with van der Waals surface area (Å²) < 4.78 is 13.9. The van der Waals surface area contributed by atoms with Gasteiger partial charge >= 0.3 is 0 Å². The number of ether oxygens (including phenoxy) is 2.